The van der Waals surface area contributed by atoms with Crippen LogP contribution in [-0.2, 0) is 13.6 Å². The molecule has 0 spiro atoms. The van der Waals surface area contributed by atoms with Gasteiger partial charge >= 0.3 is 8.25 Å². The van der Waals surface area contributed by atoms with Crippen LogP contribution < -0.4 is 0 Å². The molecule has 1 aliphatic rings. The topological polar surface area (TPSA) is 35.5 Å². The molecule has 1 fully saturated rings. The van der Waals surface area contributed by atoms with Crippen LogP contribution in [0.2, 0.25) is 0 Å². The second-order valence-corrected chi connectivity index (χ2v) is 6.40. The molecule has 1 heterocycles. The van der Waals surface area contributed by atoms with Crippen molar-refractivity contribution in [3.8, 4) is 0 Å². The van der Waals surface area contributed by atoms with E-state index in [1.807, 2.05) is 0 Å². The first-order valence-electron chi connectivity index (χ1n) is 7.51. The monoisotopic (exact) mass is 276 g/mol. The quantitative estimate of drug-likeness (QED) is 0.536. The molecule has 4 heteroatoms. The van der Waals surface area contributed by atoms with E-state index in [0.717, 1.165) is 51.4 Å². The zero-order chi connectivity index (χ0) is 13.6. The molecule has 0 aromatic carbocycles. The number of hydrogen-bond donors (Lipinski definition) is 0. The average Bonchev–Trinajstić information content (AvgIpc) is 2.27. The fourth-order valence-electron chi connectivity index (χ4n) is 3.57. The molecule has 18 heavy (non-hydrogen) atoms. The maximum atomic E-state index is 11.4. The molecule has 0 aliphatic carbocycles. The van der Waals surface area contributed by atoms with Crippen LogP contribution in [-0.4, -0.2) is 5.79 Å². The fraction of sp³-hybridized carbons (Fsp3) is 1.00. The van der Waals surface area contributed by atoms with Gasteiger partial charge in [0.1, 0.15) is 0 Å². The third-order valence-electron chi connectivity index (χ3n) is 4.07. The predicted molar refractivity (Wildman–Crippen MR) is 76.0 cm³/mol. The first-order valence-corrected chi connectivity index (χ1v) is 8.74. The maximum Gasteiger partial charge on any atom is 0.324 e. The molecule has 0 N–H and O–H groups in total. The van der Waals surface area contributed by atoms with E-state index in [0.29, 0.717) is 0 Å². The van der Waals surface area contributed by atoms with E-state index in [1.54, 1.807) is 0 Å². The van der Waals surface area contributed by atoms with Crippen molar-refractivity contribution in [2.24, 2.45) is 5.41 Å². The van der Waals surface area contributed by atoms with Crippen LogP contribution in [0.5, 0.6) is 0 Å². The molecule has 0 aromatic rings. The highest BCUT2D eigenvalue weighted by molar-refractivity contribution is 7.34. The summed E-state index contributed by atoms with van der Waals surface area (Å²) in [5, 5.41) is 0. The molecule has 0 amide bonds. The highest BCUT2D eigenvalue weighted by Gasteiger charge is 2.58. The van der Waals surface area contributed by atoms with Gasteiger partial charge in [-0.25, -0.2) is 0 Å². The molecule has 0 bridgehead atoms. The van der Waals surface area contributed by atoms with Gasteiger partial charge in [-0.3, -0.25) is 13.6 Å². The smallest absolute Gasteiger partial charge is 0.276 e. The summed E-state index contributed by atoms with van der Waals surface area (Å²) in [6.07, 6.45) is 8.55. The van der Waals surface area contributed by atoms with Gasteiger partial charge in [-0.2, -0.15) is 0 Å². The molecule has 0 unspecified atom stereocenters. The Morgan fingerprint density at radius 2 is 1.33 bits per heavy atom. The Balaban J connectivity index is 2.99. The van der Waals surface area contributed by atoms with Crippen molar-refractivity contribution >= 4 is 8.25 Å². The lowest BCUT2D eigenvalue weighted by atomic mass is 9.68. The van der Waals surface area contributed by atoms with E-state index < -0.39 is 14.0 Å². The first-order chi connectivity index (χ1) is 8.59. The summed E-state index contributed by atoms with van der Waals surface area (Å²) in [7, 11) is -2.21. The van der Waals surface area contributed by atoms with Gasteiger partial charge in [-0.05, 0) is 19.3 Å². The van der Waals surface area contributed by atoms with Crippen molar-refractivity contribution in [1.82, 2.24) is 0 Å². The second-order valence-electron chi connectivity index (χ2n) is 5.49. The molecule has 3 nitrogen and oxygen atoms in total. The minimum absolute atomic E-state index is 0.0554. The Kier molecular flexibility index (Phi) is 6.37. The second kappa shape index (κ2) is 7.07. The highest BCUT2D eigenvalue weighted by Crippen LogP contribution is 2.62. The van der Waals surface area contributed by atoms with Gasteiger partial charge < -0.3 is 0 Å². The molecule has 1 aliphatic heterocycles. The molecule has 0 aromatic heterocycles. The minimum Gasteiger partial charge on any atom is -0.276 e. The summed E-state index contributed by atoms with van der Waals surface area (Å²) in [6, 6.07) is 0. The fourth-order valence-corrected chi connectivity index (χ4v) is 4.76. The lowest BCUT2D eigenvalue weighted by Gasteiger charge is -2.54. The largest absolute Gasteiger partial charge is 0.324 e. The van der Waals surface area contributed by atoms with Gasteiger partial charge in [-0.1, -0.05) is 53.4 Å². The first kappa shape index (κ1) is 16.2. The van der Waals surface area contributed by atoms with Crippen LogP contribution in [0.15, 0.2) is 0 Å². The number of rotatable bonds is 9. The maximum absolute atomic E-state index is 11.4. The highest BCUT2D eigenvalue weighted by atomic mass is 31.1. The molecule has 1 rings (SSSR count). The average molecular weight is 276 g/mol. The summed E-state index contributed by atoms with van der Waals surface area (Å²) in [4.78, 5) is 0. The van der Waals surface area contributed by atoms with Crippen molar-refractivity contribution in [3.05, 3.63) is 0 Å². The molecule has 108 valence electrons. The van der Waals surface area contributed by atoms with Gasteiger partial charge in [-0.15, -0.1) is 0 Å². The van der Waals surface area contributed by atoms with Gasteiger partial charge in [0.05, 0.1) is 0 Å². The van der Waals surface area contributed by atoms with Gasteiger partial charge in [0, 0.05) is 11.8 Å². The predicted octanol–water partition coefficient (Wildman–Crippen LogP) is 5.31. The Labute approximate surface area is 113 Å². The molecular formula is C14H29O3P. The summed E-state index contributed by atoms with van der Waals surface area (Å²) in [6.45, 7) is 8.77. The van der Waals surface area contributed by atoms with Crippen molar-refractivity contribution < 1.29 is 13.6 Å². The lowest BCUT2D eigenvalue weighted by molar-refractivity contribution is -0.273. The third kappa shape index (κ3) is 3.00. The lowest BCUT2D eigenvalue weighted by Crippen LogP contribution is -2.55. The van der Waals surface area contributed by atoms with Crippen LogP contribution in [0.4, 0.5) is 0 Å². The third-order valence-corrected chi connectivity index (χ3v) is 5.06. The summed E-state index contributed by atoms with van der Waals surface area (Å²) in [5.74, 6) is -0.556. The molecule has 0 radical (unpaired) electrons. The Bertz CT molecular complexity index is 253. The van der Waals surface area contributed by atoms with Crippen molar-refractivity contribution in [2.75, 3.05) is 0 Å². The minimum atomic E-state index is -2.21. The SMILES string of the molecule is CCCC(CCC)(CCC)C1(CCC)O[PH](=O)O1. The zero-order valence-corrected chi connectivity index (χ0v) is 13.4. The van der Waals surface area contributed by atoms with Crippen LogP contribution in [0, 0.1) is 5.41 Å². The van der Waals surface area contributed by atoms with Crippen LogP contribution in [0.3, 0.4) is 0 Å². The molecule has 1 saturated heterocycles. The molecule has 0 saturated carbocycles. The normalized spacial score (nSPS) is 28.1. The van der Waals surface area contributed by atoms with Gasteiger partial charge in [0.25, 0.3) is 0 Å². The summed E-state index contributed by atoms with van der Waals surface area (Å²) in [5.41, 5.74) is 0.0554. The van der Waals surface area contributed by atoms with E-state index >= 15 is 0 Å². The van der Waals surface area contributed by atoms with Crippen molar-refractivity contribution in [2.45, 2.75) is 84.8 Å². The Morgan fingerprint density at radius 1 is 0.889 bits per heavy atom. The van der Waals surface area contributed by atoms with Crippen molar-refractivity contribution in [3.63, 3.8) is 0 Å². The van der Waals surface area contributed by atoms with E-state index in [9.17, 15) is 4.57 Å². The Morgan fingerprint density at radius 3 is 1.61 bits per heavy atom. The van der Waals surface area contributed by atoms with E-state index in [1.165, 1.54) is 0 Å². The molecule has 0 atom stereocenters. The van der Waals surface area contributed by atoms with Gasteiger partial charge in [0.2, 0.25) is 0 Å². The van der Waals surface area contributed by atoms with Gasteiger partial charge in [0.15, 0.2) is 5.79 Å². The summed E-state index contributed by atoms with van der Waals surface area (Å²) < 4.78 is 22.8. The van der Waals surface area contributed by atoms with E-state index in [2.05, 4.69) is 27.7 Å². The van der Waals surface area contributed by atoms with E-state index in [4.69, 9.17) is 9.05 Å². The zero-order valence-electron chi connectivity index (χ0n) is 12.4. The van der Waals surface area contributed by atoms with Crippen molar-refractivity contribution in [1.29, 1.82) is 0 Å². The van der Waals surface area contributed by atoms with Crippen LogP contribution >= 0.6 is 8.25 Å². The Hall–Kier alpha value is 0.150. The standard InChI is InChI=1S/C14H29O3P/c1-5-9-13(10-6-2,11-7-3)14(12-8-4)16-18(15)17-14/h18H,5-12H2,1-4H3. The number of hydrogen-bond acceptors (Lipinski definition) is 3. The summed E-state index contributed by atoms with van der Waals surface area (Å²) >= 11 is 0. The van der Waals surface area contributed by atoms with E-state index in [-0.39, 0.29) is 5.41 Å². The van der Waals surface area contributed by atoms with Crippen LogP contribution in [0.25, 0.3) is 0 Å². The molecular weight excluding hydrogens is 247 g/mol. The van der Waals surface area contributed by atoms with Crippen LogP contribution in [0.1, 0.15) is 79.1 Å².